The molecule has 0 amide bonds. The molecule has 0 saturated heterocycles. The van der Waals surface area contributed by atoms with Crippen molar-refractivity contribution in [2.45, 2.75) is 26.3 Å². The second-order valence-electron chi connectivity index (χ2n) is 5.37. The molecule has 3 heterocycles. The van der Waals surface area contributed by atoms with Crippen LogP contribution in [0, 0.1) is 0 Å². The summed E-state index contributed by atoms with van der Waals surface area (Å²) in [6.45, 7) is 4.58. The fourth-order valence-electron chi connectivity index (χ4n) is 2.12. The van der Waals surface area contributed by atoms with Crippen molar-refractivity contribution in [1.82, 2.24) is 25.0 Å². The second kappa shape index (κ2) is 5.97. The molecule has 0 spiro atoms. The minimum atomic E-state index is 0.215. The van der Waals surface area contributed by atoms with Gasteiger partial charge in [-0.3, -0.25) is 9.67 Å². The van der Waals surface area contributed by atoms with Crippen molar-refractivity contribution in [3.8, 4) is 11.3 Å². The Kier molecular flexibility index (Phi) is 3.86. The highest BCUT2D eigenvalue weighted by Gasteiger charge is 2.13. The van der Waals surface area contributed by atoms with E-state index in [1.807, 2.05) is 39.2 Å². The molecule has 3 rings (SSSR count). The zero-order valence-corrected chi connectivity index (χ0v) is 12.8. The maximum Gasteiger partial charge on any atom is 0.315 e. The summed E-state index contributed by atoms with van der Waals surface area (Å²) in [6, 6.07) is 4.31. The van der Waals surface area contributed by atoms with Crippen LogP contribution in [0.4, 0.5) is 6.01 Å². The molecule has 1 N–H and O–H groups in total. The van der Waals surface area contributed by atoms with E-state index in [0.717, 1.165) is 16.8 Å². The average Bonchev–Trinajstić information content (AvgIpc) is 3.12. The van der Waals surface area contributed by atoms with E-state index in [1.54, 1.807) is 17.1 Å². The summed E-state index contributed by atoms with van der Waals surface area (Å²) < 4.78 is 7.33. The number of hydrogen-bond donors (Lipinski definition) is 1. The van der Waals surface area contributed by atoms with Crippen molar-refractivity contribution in [2.24, 2.45) is 7.05 Å². The highest BCUT2D eigenvalue weighted by molar-refractivity contribution is 5.61. The minimum Gasteiger partial charge on any atom is -0.408 e. The summed E-state index contributed by atoms with van der Waals surface area (Å²) in [4.78, 5) is 4.14. The summed E-state index contributed by atoms with van der Waals surface area (Å²) in [5.74, 6) is 0.841. The van der Waals surface area contributed by atoms with Crippen molar-refractivity contribution >= 4 is 6.01 Å². The Labute approximate surface area is 128 Å². The fraction of sp³-hybridized carbons (Fsp3) is 0.333. The quantitative estimate of drug-likeness (QED) is 0.779. The molecule has 0 radical (unpaired) electrons. The maximum absolute atomic E-state index is 5.55. The van der Waals surface area contributed by atoms with Crippen LogP contribution in [-0.4, -0.2) is 25.0 Å². The molecule has 0 aliphatic heterocycles. The summed E-state index contributed by atoms with van der Waals surface area (Å²) in [7, 11) is 1.90. The SMILES string of the molecule is CC(C)c1nnc(NCc2cn(C)nc2-c2cccnc2)o1. The monoisotopic (exact) mass is 298 g/mol. The van der Waals surface area contributed by atoms with E-state index < -0.39 is 0 Å². The van der Waals surface area contributed by atoms with E-state index in [-0.39, 0.29) is 5.92 Å². The molecule has 3 aromatic heterocycles. The fourth-order valence-corrected chi connectivity index (χ4v) is 2.12. The highest BCUT2D eigenvalue weighted by atomic mass is 16.4. The number of nitrogens with zero attached hydrogens (tertiary/aromatic N) is 5. The third kappa shape index (κ3) is 2.98. The molecule has 3 aromatic rings. The van der Waals surface area contributed by atoms with Crippen molar-refractivity contribution in [3.63, 3.8) is 0 Å². The lowest BCUT2D eigenvalue weighted by Gasteiger charge is -2.02. The first-order valence-electron chi connectivity index (χ1n) is 7.13. The van der Waals surface area contributed by atoms with Gasteiger partial charge in [0.2, 0.25) is 5.89 Å². The van der Waals surface area contributed by atoms with E-state index in [9.17, 15) is 0 Å². The number of hydrogen-bond acceptors (Lipinski definition) is 6. The minimum absolute atomic E-state index is 0.215. The molecular weight excluding hydrogens is 280 g/mol. The number of nitrogens with one attached hydrogen (secondary N) is 1. The molecule has 0 aliphatic carbocycles. The van der Waals surface area contributed by atoms with Crippen LogP contribution >= 0.6 is 0 Å². The van der Waals surface area contributed by atoms with E-state index in [2.05, 4.69) is 25.6 Å². The molecule has 0 saturated carbocycles. The molecule has 0 atom stereocenters. The van der Waals surface area contributed by atoms with Crippen LogP contribution in [0.5, 0.6) is 0 Å². The molecule has 0 unspecified atom stereocenters. The van der Waals surface area contributed by atoms with Crippen LogP contribution in [0.2, 0.25) is 0 Å². The Morgan fingerprint density at radius 1 is 1.32 bits per heavy atom. The molecule has 7 heteroatoms. The third-order valence-corrected chi connectivity index (χ3v) is 3.20. The predicted molar refractivity (Wildman–Crippen MR) is 82.2 cm³/mol. The molecule has 0 bridgehead atoms. The molecule has 7 nitrogen and oxygen atoms in total. The van der Waals surface area contributed by atoms with Gasteiger partial charge in [0.05, 0.1) is 5.69 Å². The van der Waals surface area contributed by atoms with Gasteiger partial charge in [-0.15, -0.1) is 5.10 Å². The first kappa shape index (κ1) is 14.2. The Morgan fingerprint density at radius 2 is 2.18 bits per heavy atom. The van der Waals surface area contributed by atoms with Crippen LogP contribution in [0.1, 0.15) is 31.2 Å². The van der Waals surface area contributed by atoms with Gasteiger partial charge in [0.15, 0.2) is 0 Å². The van der Waals surface area contributed by atoms with Crippen LogP contribution < -0.4 is 5.32 Å². The lowest BCUT2D eigenvalue weighted by molar-refractivity contribution is 0.480. The van der Waals surface area contributed by atoms with Crippen LogP contribution in [-0.2, 0) is 13.6 Å². The topological polar surface area (TPSA) is 81.7 Å². The van der Waals surface area contributed by atoms with E-state index in [1.165, 1.54) is 0 Å². The van der Waals surface area contributed by atoms with Gasteiger partial charge in [0.1, 0.15) is 0 Å². The molecule has 0 fully saturated rings. The van der Waals surface area contributed by atoms with Crippen LogP contribution in [0.3, 0.4) is 0 Å². The van der Waals surface area contributed by atoms with Crippen molar-refractivity contribution in [3.05, 3.63) is 42.2 Å². The standard InChI is InChI=1S/C15H18N6O/c1-10(2)14-18-19-15(22-14)17-8-12-9-21(3)20-13(12)11-5-4-6-16-7-11/h4-7,9-10H,8H2,1-3H3,(H,17,19). The second-order valence-corrected chi connectivity index (χ2v) is 5.37. The van der Waals surface area contributed by atoms with Crippen molar-refractivity contribution < 1.29 is 4.42 Å². The molecular formula is C15H18N6O. The van der Waals surface area contributed by atoms with E-state index in [4.69, 9.17) is 4.42 Å². The van der Waals surface area contributed by atoms with Gasteiger partial charge in [-0.05, 0) is 12.1 Å². The van der Waals surface area contributed by atoms with Gasteiger partial charge in [-0.25, -0.2) is 0 Å². The summed E-state index contributed by atoms with van der Waals surface area (Å²) in [5.41, 5.74) is 2.92. The number of rotatable bonds is 5. The Balaban J connectivity index is 1.78. The van der Waals surface area contributed by atoms with Gasteiger partial charge in [0, 0.05) is 49.2 Å². The third-order valence-electron chi connectivity index (χ3n) is 3.20. The Morgan fingerprint density at radius 3 is 2.86 bits per heavy atom. The summed E-state index contributed by atoms with van der Waals surface area (Å²) in [5, 5.41) is 15.6. The van der Waals surface area contributed by atoms with Crippen LogP contribution in [0.15, 0.2) is 35.1 Å². The van der Waals surface area contributed by atoms with Gasteiger partial charge in [-0.2, -0.15) is 5.10 Å². The number of pyridine rings is 1. The number of aromatic nitrogens is 5. The largest absolute Gasteiger partial charge is 0.408 e. The first-order chi connectivity index (χ1) is 10.6. The Hall–Kier alpha value is -2.70. The zero-order chi connectivity index (χ0) is 15.5. The van der Waals surface area contributed by atoms with Gasteiger partial charge < -0.3 is 9.73 Å². The van der Waals surface area contributed by atoms with E-state index >= 15 is 0 Å². The molecule has 114 valence electrons. The van der Waals surface area contributed by atoms with Crippen molar-refractivity contribution in [2.75, 3.05) is 5.32 Å². The van der Waals surface area contributed by atoms with Gasteiger partial charge in [-0.1, -0.05) is 18.9 Å². The average molecular weight is 298 g/mol. The molecule has 22 heavy (non-hydrogen) atoms. The molecule has 0 aromatic carbocycles. The summed E-state index contributed by atoms with van der Waals surface area (Å²) >= 11 is 0. The van der Waals surface area contributed by atoms with Crippen LogP contribution in [0.25, 0.3) is 11.3 Å². The normalized spacial score (nSPS) is 11.1. The van der Waals surface area contributed by atoms with Gasteiger partial charge in [0.25, 0.3) is 0 Å². The number of anilines is 1. The predicted octanol–water partition coefficient (Wildman–Crippen LogP) is 2.60. The highest BCUT2D eigenvalue weighted by Crippen LogP contribution is 2.22. The smallest absolute Gasteiger partial charge is 0.315 e. The van der Waals surface area contributed by atoms with E-state index in [0.29, 0.717) is 18.5 Å². The van der Waals surface area contributed by atoms with Crippen molar-refractivity contribution in [1.29, 1.82) is 0 Å². The Bertz CT molecular complexity index is 746. The zero-order valence-electron chi connectivity index (χ0n) is 12.8. The lowest BCUT2D eigenvalue weighted by atomic mass is 10.1. The summed E-state index contributed by atoms with van der Waals surface area (Å²) in [6.07, 6.45) is 5.51. The molecule has 0 aliphatic rings. The first-order valence-corrected chi connectivity index (χ1v) is 7.13. The maximum atomic E-state index is 5.55. The lowest BCUT2D eigenvalue weighted by Crippen LogP contribution is -2.00. The number of aryl methyl sites for hydroxylation is 1. The van der Waals surface area contributed by atoms with Gasteiger partial charge >= 0.3 is 6.01 Å².